The number of hydrogen-bond acceptors (Lipinski definition) is 5. The van der Waals surface area contributed by atoms with Crippen LogP contribution in [0.15, 0.2) is 30.6 Å². The lowest BCUT2D eigenvalue weighted by Crippen LogP contribution is -2.28. The second kappa shape index (κ2) is 6.09. The van der Waals surface area contributed by atoms with Crippen molar-refractivity contribution in [2.24, 2.45) is 0 Å². The SMILES string of the molecule is CC(=O)N1CCC[C@@H]1c1cncc(Nc2cccc(C)n2)n1. The number of rotatable bonds is 3. The molecule has 1 aliphatic rings. The van der Waals surface area contributed by atoms with E-state index in [0.29, 0.717) is 5.82 Å². The summed E-state index contributed by atoms with van der Waals surface area (Å²) in [5.41, 5.74) is 1.76. The fourth-order valence-electron chi connectivity index (χ4n) is 2.80. The van der Waals surface area contributed by atoms with Crippen molar-refractivity contribution in [2.75, 3.05) is 11.9 Å². The monoisotopic (exact) mass is 297 g/mol. The lowest BCUT2D eigenvalue weighted by atomic mass is 10.1. The highest BCUT2D eigenvalue weighted by Gasteiger charge is 2.29. The van der Waals surface area contributed by atoms with Crippen LogP contribution in [0.4, 0.5) is 11.6 Å². The number of nitrogens with zero attached hydrogens (tertiary/aromatic N) is 4. The highest BCUT2D eigenvalue weighted by atomic mass is 16.2. The predicted molar refractivity (Wildman–Crippen MR) is 83.7 cm³/mol. The van der Waals surface area contributed by atoms with E-state index in [1.54, 1.807) is 19.3 Å². The first kappa shape index (κ1) is 14.4. The van der Waals surface area contributed by atoms with Crippen LogP contribution in [0.5, 0.6) is 0 Å². The van der Waals surface area contributed by atoms with Crippen molar-refractivity contribution in [3.05, 3.63) is 42.0 Å². The molecule has 1 fully saturated rings. The van der Waals surface area contributed by atoms with Gasteiger partial charge in [0.1, 0.15) is 11.6 Å². The van der Waals surface area contributed by atoms with Gasteiger partial charge in [0.25, 0.3) is 0 Å². The van der Waals surface area contributed by atoms with E-state index in [2.05, 4.69) is 20.3 Å². The molecule has 3 rings (SSSR count). The number of pyridine rings is 1. The largest absolute Gasteiger partial charge is 0.334 e. The molecule has 0 radical (unpaired) electrons. The summed E-state index contributed by atoms with van der Waals surface area (Å²) < 4.78 is 0. The van der Waals surface area contributed by atoms with Crippen LogP contribution in [0.1, 0.15) is 37.2 Å². The van der Waals surface area contributed by atoms with Crippen molar-refractivity contribution in [3.8, 4) is 0 Å². The van der Waals surface area contributed by atoms with Crippen LogP contribution >= 0.6 is 0 Å². The number of anilines is 2. The Kier molecular flexibility index (Phi) is 4.00. The van der Waals surface area contributed by atoms with Crippen molar-refractivity contribution < 1.29 is 4.79 Å². The van der Waals surface area contributed by atoms with Crippen molar-refractivity contribution >= 4 is 17.5 Å². The molecule has 0 unspecified atom stereocenters. The lowest BCUT2D eigenvalue weighted by Gasteiger charge is -2.22. The van der Waals surface area contributed by atoms with Gasteiger partial charge >= 0.3 is 0 Å². The van der Waals surface area contributed by atoms with Gasteiger partial charge in [-0.25, -0.2) is 9.97 Å². The molecule has 2 aromatic heterocycles. The molecular formula is C16H19N5O. The Morgan fingerprint density at radius 3 is 2.91 bits per heavy atom. The number of carbonyl (C=O) groups is 1. The molecule has 0 spiro atoms. The topological polar surface area (TPSA) is 71.0 Å². The van der Waals surface area contributed by atoms with E-state index in [0.717, 1.165) is 36.6 Å². The van der Waals surface area contributed by atoms with Gasteiger partial charge < -0.3 is 10.2 Å². The zero-order chi connectivity index (χ0) is 15.5. The molecule has 114 valence electrons. The third-order valence-electron chi connectivity index (χ3n) is 3.80. The standard InChI is InChI=1S/C16H19N5O/c1-11-5-3-7-15(18-11)20-16-10-17-9-13(19-16)14-6-4-8-21(14)12(2)22/h3,5,7,9-10,14H,4,6,8H2,1-2H3,(H,18,19,20)/t14-/m1/s1. The first-order valence-corrected chi connectivity index (χ1v) is 7.43. The molecule has 2 aromatic rings. The van der Waals surface area contributed by atoms with Crippen LogP contribution in [-0.2, 0) is 4.79 Å². The van der Waals surface area contributed by atoms with Gasteiger partial charge in [-0.2, -0.15) is 0 Å². The number of amides is 1. The quantitative estimate of drug-likeness (QED) is 0.943. The average molecular weight is 297 g/mol. The van der Waals surface area contributed by atoms with Crippen molar-refractivity contribution in [2.45, 2.75) is 32.7 Å². The summed E-state index contributed by atoms with van der Waals surface area (Å²) in [5.74, 6) is 1.47. The van der Waals surface area contributed by atoms with E-state index in [1.807, 2.05) is 30.0 Å². The van der Waals surface area contributed by atoms with E-state index in [1.165, 1.54) is 0 Å². The third-order valence-corrected chi connectivity index (χ3v) is 3.80. The van der Waals surface area contributed by atoms with Gasteiger partial charge in [0.05, 0.1) is 24.1 Å². The maximum absolute atomic E-state index is 11.7. The van der Waals surface area contributed by atoms with Crippen molar-refractivity contribution in [1.29, 1.82) is 0 Å². The van der Waals surface area contributed by atoms with E-state index in [-0.39, 0.29) is 11.9 Å². The summed E-state index contributed by atoms with van der Waals surface area (Å²) in [7, 11) is 0. The number of nitrogens with one attached hydrogen (secondary N) is 1. The number of aryl methyl sites for hydroxylation is 1. The highest BCUT2D eigenvalue weighted by molar-refractivity contribution is 5.74. The number of likely N-dealkylation sites (tertiary alicyclic amines) is 1. The van der Waals surface area contributed by atoms with Gasteiger partial charge in [-0.3, -0.25) is 9.78 Å². The Bertz CT molecular complexity index is 688. The van der Waals surface area contributed by atoms with E-state index in [4.69, 9.17) is 0 Å². The maximum atomic E-state index is 11.7. The summed E-state index contributed by atoms with van der Waals surface area (Å²) in [4.78, 5) is 26.8. The molecule has 0 bridgehead atoms. The molecule has 1 aliphatic heterocycles. The summed E-state index contributed by atoms with van der Waals surface area (Å²) in [5, 5.41) is 3.16. The fraction of sp³-hybridized carbons (Fsp3) is 0.375. The number of hydrogen-bond donors (Lipinski definition) is 1. The Balaban J connectivity index is 1.82. The van der Waals surface area contributed by atoms with Crippen LogP contribution in [0, 0.1) is 6.92 Å². The maximum Gasteiger partial charge on any atom is 0.220 e. The Labute approximate surface area is 129 Å². The lowest BCUT2D eigenvalue weighted by molar-refractivity contribution is -0.129. The zero-order valence-electron chi connectivity index (χ0n) is 12.8. The van der Waals surface area contributed by atoms with Crippen molar-refractivity contribution in [3.63, 3.8) is 0 Å². The van der Waals surface area contributed by atoms with Crippen LogP contribution in [0.25, 0.3) is 0 Å². The van der Waals surface area contributed by atoms with Gasteiger partial charge in [0.15, 0.2) is 0 Å². The fourth-order valence-corrected chi connectivity index (χ4v) is 2.80. The molecule has 0 saturated carbocycles. The van der Waals surface area contributed by atoms with Gasteiger partial charge in [-0.15, -0.1) is 0 Å². The second-order valence-corrected chi connectivity index (χ2v) is 5.49. The molecule has 6 heteroatoms. The molecule has 22 heavy (non-hydrogen) atoms. The molecule has 6 nitrogen and oxygen atoms in total. The summed E-state index contributed by atoms with van der Waals surface area (Å²) in [6, 6.07) is 5.79. The molecule has 0 aliphatic carbocycles. The van der Waals surface area contributed by atoms with E-state index >= 15 is 0 Å². The zero-order valence-corrected chi connectivity index (χ0v) is 12.8. The van der Waals surface area contributed by atoms with Crippen molar-refractivity contribution in [1.82, 2.24) is 19.9 Å². The van der Waals surface area contributed by atoms with E-state index in [9.17, 15) is 4.79 Å². The smallest absolute Gasteiger partial charge is 0.220 e. The molecular weight excluding hydrogens is 278 g/mol. The molecule has 1 amide bonds. The van der Waals surface area contributed by atoms with Crippen LogP contribution < -0.4 is 5.32 Å². The predicted octanol–water partition coefficient (Wildman–Crippen LogP) is 2.61. The normalized spacial score (nSPS) is 17.5. The molecule has 1 atom stereocenters. The summed E-state index contributed by atoms with van der Waals surface area (Å²) in [6.45, 7) is 4.33. The van der Waals surface area contributed by atoms with Crippen LogP contribution in [0.3, 0.4) is 0 Å². The second-order valence-electron chi connectivity index (χ2n) is 5.49. The van der Waals surface area contributed by atoms with Gasteiger partial charge in [-0.05, 0) is 31.9 Å². The molecule has 1 N–H and O–H groups in total. The Hall–Kier alpha value is -2.50. The number of carbonyl (C=O) groups excluding carboxylic acids is 1. The van der Waals surface area contributed by atoms with Gasteiger partial charge in [0, 0.05) is 19.2 Å². The number of aromatic nitrogens is 3. The average Bonchev–Trinajstić information content (AvgIpc) is 2.97. The van der Waals surface area contributed by atoms with Gasteiger partial charge in [-0.1, -0.05) is 6.07 Å². The Morgan fingerprint density at radius 1 is 1.27 bits per heavy atom. The van der Waals surface area contributed by atoms with Crippen LogP contribution in [0.2, 0.25) is 0 Å². The summed E-state index contributed by atoms with van der Waals surface area (Å²) >= 11 is 0. The molecule has 0 aromatic carbocycles. The molecule has 1 saturated heterocycles. The Morgan fingerprint density at radius 2 is 2.14 bits per heavy atom. The summed E-state index contributed by atoms with van der Waals surface area (Å²) in [6.07, 6.45) is 5.34. The minimum absolute atomic E-state index is 0.0252. The minimum atomic E-state index is 0.0252. The van der Waals surface area contributed by atoms with E-state index < -0.39 is 0 Å². The van der Waals surface area contributed by atoms with Gasteiger partial charge in [0.2, 0.25) is 5.91 Å². The molecule has 3 heterocycles. The first-order valence-electron chi connectivity index (χ1n) is 7.43. The third kappa shape index (κ3) is 3.05. The highest BCUT2D eigenvalue weighted by Crippen LogP contribution is 2.31. The van der Waals surface area contributed by atoms with Crippen LogP contribution in [-0.4, -0.2) is 32.3 Å². The minimum Gasteiger partial charge on any atom is -0.334 e. The first-order chi connectivity index (χ1) is 10.6.